The molecule has 0 radical (unpaired) electrons. The quantitative estimate of drug-likeness (QED) is 0.571. The highest BCUT2D eigenvalue weighted by atomic mass is 32.2. The van der Waals surface area contributed by atoms with Gasteiger partial charge < -0.3 is 5.32 Å². The Hall–Kier alpha value is -2.64. The van der Waals surface area contributed by atoms with Gasteiger partial charge in [-0.15, -0.1) is 11.3 Å². The lowest BCUT2D eigenvalue weighted by Gasteiger charge is -2.20. The molecule has 0 fully saturated rings. The summed E-state index contributed by atoms with van der Waals surface area (Å²) in [5, 5.41) is 4.75. The van der Waals surface area contributed by atoms with Crippen molar-refractivity contribution in [3.63, 3.8) is 0 Å². The van der Waals surface area contributed by atoms with Gasteiger partial charge in [-0.1, -0.05) is 24.3 Å². The average Bonchev–Trinajstić information content (AvgIpc) is 3.29. The highest BCUT2D eigenvalue weighted by Crippen LogP contribution is 2.25. The Morgan fingerprint density at radius 3 is 2.43 bits per heavy atom. The number of carbonyl (C=O) groups excluding carboxylic acids is 1. The number of hydrogen-bond acceptors (Lipinski definition) is 4. The van der Waals surface area contributed by atoms with Crippen molar-refractivity contribution < 1.29 is 13.2 Å². The summed E-state index contributed by atoms with van der Waals surface area (Å²) in [5.41, 5.74) is 4.82. The number of thiophene rings is 1. The molecule has 1 heterocycles. The third-order valence-electron chi connectivity index (χ3n) is 5.38. The zero-order valence-electron chi connectivity index (χ0n) is 16.7. The van der Waals surface area contributed by atoms with Crippen LogP contribution in [0, 0.1) is 0 Å². The monoisotopic (exact) mass is 440 g/mol. The number of anilines is 1. The van der Waals surface area contributed by atoms with Crippen LogP contribution in [0.4, 0.5) is 5.69 Å². The molecule has 30 heavy (non-hydrogen) atoms. The van der Waals surface area contributed by atoms with E-state index in [9.17, 15) is 13.2 Å². The van der Waals surface area contributed by atoms with Gasteiger partial charge in [0.15, 0.2) is 0 Å². The van der Waals surface area contributed by atoms with E-state index in [2.05, 4.69) is 28.2 Å². The minimum atomic E-state index is -3.60. The first kappa shape index (κ1) is 20.6. The Labute approximate surface area is 181 Å². The lowest BCUT2D eigenvalue weighted by molar-refractivity contribution is 0.0940. The Balaban J connectivity index is 1.41. The number of amides is 1. The fourth-order valence-corrected chi connectivity index (χ4v) is 5.75. The molecular formula is C23H24N2O3S2. The first-order chi connectivity index (χ1) is 14.4. The van der Waals surface area contributed by atoms with E-state index < -0.39 is 10.0 Å². The molecule has 0 aliphatic heterocycles. The molecule has 0 spiro atoms. The molecule has 156 valence electrons. The summed E-state index contributed by atoms with van der Waals surface area (Å²) >= 11 is 1.16. The predicted octanol–water partition coefficient (Wildman–Crippen LogP) is 4.92. The van der Waals surface area contributed by atoms with Crippen LogP contribution >= 0.6 is 11.3 Å². The van der Waals surface area contributed by atoms with Crippen molar-refractivity contribution in [2.45, 2.75) is 42.9 Å². The summed E-state index contributed by atoms with van der Waals surface area (Å²) in [6.07, 6.45) is 4.71. The SMILES string of the molecule is C[C@@H](NC(=O)c1ccc(NS(=O)(=O)c2cccs2)cc1)c1ccc2c(c1)CCCC2. The van der Waals surface area contributed by atoms with Gasteiger partial charge in [-0.3, -0.25) is 9.52 Å². The molecule has 2 N–H and O–H groups in total. The topological polar surface area (TPSA) is 75.3 Å². The lowest BCUT2D eigenvalue weighted by atomic mass is 9.89. The minimum absolute atomic E-state index is 0.110. The van der Waals surface area contributed by atoms with Gasteiger partial charge in [0, 0.05) is 11.3 Å². The maximum Gasteiger partial charge on any atom is 0.271 e. The Morgan fingerprint density at radius 2 is 1.73 bits per heavy atom. The summed E-state index contributed by atoms with van der Waals surface area (Å²) in [6, 6.07) is 16.1. The van der Waals surface area contributed by atoms with Crippen molar-refractivity contribution in [3.8, 4) is 0 Å². The van der Waals surface area contributed by atoms with Crippen molar-refractivity contribution in [1.29, 1.82) is 0 Å². The van der Waals surface area contributed by atoms with E-state index in [1.807, 2.05) is 6.92 Å². The number of nitrogens with one attached hydrogen (secondary N) is 2. The Kier molecular flexibility index (Phi) is 5.92. The summed E-state index contributed by atoms with van der Waals surface area (Å²) in [4.78, 5) is 12.7. The van der Waals surface area contributed by atoms with Crippen LogP contribution in [0.25, 0.3) is 0 Å². The molecule has 3 aromatic rings. The van der Waals surface area contributed by atoms with Crippen LogP contribution in [-0.2, 0) is 22.9 Å². The largest absolute Gasteiger partial charge is 0.346 e. The summed E-state index contributed by atoms with van der Waals surface area (Å²) in [5.74, 6) is -0.187. The van der Waals surface area contributed by atoms with Crippen molar-refractivity contribution in [2.75, 3.05) is 4.72 Å². The summed E-state index contributed by atoms with van der Waals surface area (Å²) < 4.78 is 27.4. The molecule has 2 aromatic carbocycles. The van der Waals surface area contributed by atoms with Gasteiger partial charge in [-0.25, -0.2) is 8.42 Å². The average molecular weight is 441 g/mol. The van der Waals surface area contributed by atoms with Crippen molar-refractivity contribution in [2.24, 2.45) is 0 Å². The fraction of sp³-hybridized carbons (Fsp3) is 0.261. The van der Waals surface area contributed by atoms with Gasteiger partial charge >= 0.3 is 0 Å². The molecule has 1 amide bonds. The molecular weight excluding hydrogens is 416 g/mol. The van der Waals surface area contributed by atoms with Crippen LogP contribution in [0.5, 0.6) is 0 Å². The van der Waals surface area contributed by atoms with E-state index in [0.29, 0.717) is 11.3 Å². The standard InChI is InChI=1S/C23H24N2O3S2/c1-16(19-9-8-17-5-2-3-6-20(17)15-19)24-23(26)18-10-12-21(13-11-18)25-30(27,28)22-7-4-14-29-22/h4,7-16,25H,2-3,5-6H2,1H3,(H,24,26)/t16-/m1/s1. The second kappa shape index (κ2) is 8.62. The van der Waals surface area contributed by atoms with E-state index in [-0.39, 0.29) is 16.2 Å². The highest BCUT2D eigenvalue weighted by molar-refractivity contribution is 7.94. The molecule has 4 rings (SSSR count). The van der Waals surface area contributed by atoms with Crippen molar-refractivity contribution >= 4 is 33.0 Å². The van der Waals surface area contributed by atoms with Gasteiger partial charge in [-0.2, -0.15) is 0 Å². The number of benzene rings is 2. The zero-order valence-corrected chi connectivity index (χ0v) is 18.4. The second-order valence-corrected chi connectivity index (χ2v) is 10.4. The van der Waals surface area contributed by atoms with Crippen LogP contribution in [-0.4, -0.2) is 14.3 Å². The molecule has 0 saturated carbocycles. The Morgan fingerprint density at radius 1 is 1.00 bits per heavy atom. The van der Waals surface area contributed by atoms with Crippen LogP contribution in [0.3, 0.4) is 0 Å². The molecule has 0 saturated heterocycles. The van der Waals surface area contributed by atoms with E-state index in [1.54, 1.807) is 41.8 Å². The van der Waals surface area contributed by atoms with Gasteiger partial charge in [-0.05, 0) is 85.0 Å². The molecule has 1 atom stereocenters. The third kappa shape index (κ3) is 4.57. The number of sulfonamides is 1. The molecule has 0 unspecified atom stereocenters. The normalized spacial score (nSPS) is 14.6. The number of carbonyl (C=O) groups is 1. The van der Waals surface area contributed by atoms with Gasteiger partial charge in [0.05, 0.1) is 6.04 Å². The molecule has 0 bridgehead atoms. The first-order valence-electron chi connectivity index (χ1n) is 10.0. The van der Waals surface area contributed by atoms with Crippen molar-refractivity contribution in [1.82, 2.24) is 5.32 Å². The molecule has 7 heteroatoms. The van der Waals surface area contributed by atoms with Gasteiger partial charge in [0.25, 0.3) is 15.9 Å². The second-order valence-electron chi connectivity index (χ2n) is 7.55. The minimum Gasteiger partial charge on any atom is -0.346 e. The predicted molar refractivity (Wildman–Crippen MR) is 121 cm³/mol. The maximum atomic E-state index is 12.7. The van der Waals surface area contributed by atoms with E-state index in [1.165, 1.54) is 24.0 Å². The van der Waals surface area contributed by atoms with Gasteiger partial charge in [0.2, 0.25) is 0 Å². The van der Waals surface area contributed by atoms with E-state index in [4.69, 9.17) is 0 Å². The van der Waals surface area contributed by atoms with Crippen LogP contribution in [0.2, 0.25) is 0 Å². The van der Waals surface area contributed by atoms with Crippen molar-refractivity contribution in [3.05, 3.63) is 82.2 Å². The van der Waals surface area contributed by atoms with E-state index in [0.717, 1.165) is 29.7 Å². The fourth-order valence-electron chi connectivity index (χ4n) is 3.70. The summed E-state index contributed by atoms with van der Waals surface area (Å²) in [6.45, 7) is 1.98. The third-order valence-corrected chi connectivity index (χ3v) is 8.16. The maximum absolute atomic E-state index is 12.7. The van der Waals surface area contributed by atoms with E-state index >= 15 is 0 Å². The number of hydrogen-bond donors (Lipinski definition) is 2. The Bertz CT molecular complexity index is 1140. The number of aryl methyl sites for hydroxylation is 2. The van der Waals surface area contributed by atoms with Crippen LogP contribution < -0.4 is 10.0 Å². The number of rotatable bonds is 6. The zero-order chi connectivity index (χ0) is 21.1. The van der Waals surface area contributed by atoms with Gasteiger partial charge in [0.1, 0.15) is 4.21 Å². The summed E-state index contributed by atoms with van der Waals surface area (Å²) in [7, 11) is -3.60. The molecule has 1 aromatic heterocycles. The smallest absolute Gasteiger partial charge is 0.271 e. The van der Waals surface area contributed by atoms with Crippen LogP contribution in [0.15, 0.2) is 64.2 Å². The molecule has 1 aliphatic carbocycles. The van der Waals surface area contributed by atoms with Crippen LogP contribution in [0.1, 0.15) is 52.9 Å². The number of fused-ring (bicyclic) bond motifs is 1. The first-order valence-corrected chi connectivity index (χ1v) is 12.4. The molecule has 1 aliphatic rings. The lowest BCUT2D eigenvalue weighted by Crippen LogP contribution is -2.26. The highest BCUT2D eigenvalue weighted by Gasteiger charge is 2.17. The molecule has 5 nitrogen and oxygen atoms in total.